The van der Waals surface area contributed by atoms with Gasteiger partial charge in [-0.15, -0.1) is 5.10 Å². The summed E-state index contributed by atoms with van der Waals surface area (Å²) in [6.45, 7) is 0.578. The molecular formula is C18H16N6O. The van der Waals surface area contributed by atoms with Gasteiger partial charge in [-0.1, -0.05) is 23.4 Å². The van der Waals surface area contributed by atoms with Crippen molar-refractivity contribution in [2.24, 2.45) is 0 Å². The molecule has 0 radical (unpaired) electrons. The summed E-state index contributed by atoms with van der Waals surface area (Å²) in [5, 5.41) is 12.8. The van der Waals surface area contributed by atoms with Gasteiger partial charge in [0.1, 0.15) is 17.1 Å². The van der Waals surface area contributed by atoms with Gasteiger partial charge in [0.25, 0.3) is 0 Å². The first kappa shape index (κ1) is 15.1. The van der Waals surface area contributed by atoms with E-state index in [2.05, 4.69) is 20.4 Å². The number of hydrogen-bond donors (Lipinski definition) is 0. The fourth-order valence-corrected chi connectivity index (χ4v) is 2.57. The lowest BCUT2D eigenvalue weighted by Gasteiger charge is -2.07. The third-order valence-electron chi connectivity index (χ3n) is 3.80. The zero-order valence-electron chi connectivity index (χ0n) is 13.6. The molecule has 0 aliphatic rings. The maximum atomic E-state index is 5.39. The van der Waals surface area contributed by atoms with E-state index in [4.69, 9.17) is 4.74 Å². The summed E-state index contributed by atoms with van der Waals surface area (Å²) in [5.41, 5.74) is 3.45. The van der Waals surface area contributed by atoms with Gasteiger partial charge in [-0.2, -0.15) is 5.10 Å². The molecule has 3 heterocycles. The first-order valence-corrected chi connectivity index (χ1v) is 7.82. The second-order valence-electron chi connectivity index (χ2n) is 5.47. The summed E-state index contributed by atoms with van der Waals surface area (Å²) in [5.74, 6) is 0.760. The number of aromatic nitrogens is 6. The first-order valence-electron chi connectivity index (χ1n) is 7.82. The second kappa shape index (κ2) is 6.56. The molecule has 0 atom stereocenters. The normalized spacial score (nSPS) is 10.8. The van der Waals surface area contributed by atoms with Crippen molar-refractivity contribution >= 4 is 0 Å². The number of pyridine rings is 1. The zero-order chi connectivity index (χ0) is 17.1. The Morgan fingerprint density at radius 3 is 2.76 bits per heavy atom. The molecule has 3 aromatic heterocycles. The zero-order valence-corrected chi connectivity index (χ0v) is 13.6. The van der Waals surface area contributed by atoms with Crippen LogP contribution in [0.4, 0.5) is 0 Å². The molecule has 4 aromatic rings. The van der Waals surface area contributed by atoms with Crippen LogP contribution in [-0.4, -0.2) is 36.9 Å². The minimum atomic E-state index is 0.578. The van der Waals surface area contributed by atoms with Gasteiger partial charge in [0.2, 0.25) is 0 Å². The fraction of sp³-hybridized carbons (Fsp3) is 0.111. The number of hydrogen-bond acceptors (Lipinski definition) is 5. The van der Waals surface area contributed by atoms with Crippen LogP contribution in [-0.2, 0) is 6.54 Å². The number of nitrogens with zero attached hydrogens (tertiary/aromatic N) is 6. The number of benzene rings is 1. The maximum Gasteiger partial charge on any atom is 0.144 e. The monoisotopic (exact) mass is 332 g/mol. The van der Waals surface area contributed by atoms with Crippen molar-refractivity contribution in [1.29, 1.82) is 0 Å². The lowest BCUT2D eigenvalue weighted by molar-refractivity contribution is 0.411. The summed E-state index contributed by atoms with van der Waals surface area (Å²) in [7, 11) is 1.65. The molecule has 4 rings (SSSR count). The van der Waals surface area contributed by atoms with Crippen LogP contribution in [0.1, 0.15) is 5.69 Å². The summed E-state index contributed by atoms with van der Waals surface area (Å²) in [6, 6.07) is 13.5. The fourth-order valence-electron chi connectivity index (χ4n) is 2.57. The van der Waals surface area contributed by atoms with Gasteiger partial charge in [-0.05, 0) is 24.3 Å². The van der Waals surface area contributed by atoms with Gasteiger partial charge in [-0.25, -0.2) is 9.36 Å². The second-order valence-corrected chi connectivity index (χ2v) is 5.47. The molecule has 0 unspecified atom stereocenters. The third-order valence-corrected chi connectivity index (χ3v) is 3.80. The number of ether oxygens (including phenoxy) is 1. The Balaban J connectivity index is 1.58. The molecule has 1 aromatic carbocycles. The number of methoxy groups -OCH3 is 1. The van der Waals surface area contributed by atoms with Crippen LogP contribution in [0.5, 0.6) is 5.75 Å². The molecule has 7 nitrogen and oxygen atoms in total. The highest BCUT2D eigenvalue weighted by molar-refractivity contribution is 5.57. The molecular weight excluding hydrogens is 316 g/mol. The molecule has 0 amide bonds. The minimum absolute atomic E-state index is 0.578. The van der Waals surface area contributed by atoms with E-state index in [1.165, 1.54) is 0 Å². The SMILES string of the molecule is COc1ccccc1-n1cc(-c2cn(Cc3ccccn3)nn2)cn1. The van der Waals surface area contributed by atoms with Crippen LogP contribution in [0, 0.1) is 0 Å². The molecule has 0 saturated heterocycles. The van der Waals surface area contributed by atoms with E-state index < -0.39 is 0 Å². The summed E-state index contributed by atoms with van der Waals surface area (Å²) in [6.07, 6.45) is 7.33. The first-order chi connectivity index (χ1) is 12.3. The van der Waals surface area contributed by atoms with Gasteiger partial charge in [0.05, 0.1) is 31.7 Å². The van der Waals surface area contributed by atoms with E-state index in [0.717, 1.165) is 28.4 Å². The Morgan fingerprint density at radius 2 is 1.92 bits per heavy atom. The molecule has 0 aliphatic heterocycles. The van der Waals surface area contributed by atoms with E-state index in [1.54, 1.807) is 28.9 Å². The van der Waals surface area contributed by atoms with E-state index in [9.17, 15) is 0 Å². The van der Waals surface area contributed by atoms with Crippen LogP contribution in [0.25, 0.3) is 16.9 Å². The van der Waals surface area contributed by atoms with E-state index in [1.807, 2.05) is 54.9 Å². The maximum absolute atomic E-state index is 5.39. The molecule has 0 bridgehead atoms. The molecule has 0 fully saturated rings. The highest BCUT2D eigenvalue weighted by Crippen LogP contribution is 2.24. The van der Waals surface area contributed by atoms with Crippen molar-refractivity contribution in [2.75, 3.05) is 7.11 Å². The summed E-state index contributed by atoms with van der Waals surface area (Å²) < 4.78 is 8.92. The molecule has 7 heteroatoms. The Morgan fingerprint density at radius 1 is 1.04 bits per heavy atom. The molecule has 0 saturated carbocycles. The largest absolute Gasteiger partial charge is 0.494 e. The Hall–Kier alpha value is -3.48. The summed E-state index contributed by atoms with van der Waals surface area (Å²) >= 11 is 0. The van der Waals surface area contributed by atoms with Crippen molar-refractivity contribution < 1.29 is 4.74 Å². The summed E-state index contributed by atoms with van der Waals surface area (Å²) in [4.78, 5) is 4.30. The van der Waals surface area contributed by atoms with E-state index in [-0.39, 0.29) is 0 Å². The van der Waals surface area contributed by atoms with Gasteiger partial charge in [0, 0.05) is 18.0 Å². The quantitative estimate of drug-likeness (QED) is 0.562. The van der Waals surface area contributed by atoms with Gasteiger partial charge in [-0.3, -0.25) is 4.98 Å². The van der Waals surface area contributed by atoms with Crippen LogP contribution in [0.2, 0.25) is 0 Å². The van der Waals surface area contributed by atoms with Crippen LogP contribution in [0.3, 0.4) is 0 Å². The Labute approximate surface area is 144 Å². The predicted octanol–water partition coefficient (Wildman–Crippen LogP) is 2.58. The van der Waals surface area contributed by atoms with Crippen LogP contribution < -0.4 is 4.74 Å². The van der Waals surface area contributed by atoms with Crippen molar-refractivity contribution in [3.05, 3.63) is 72.9 Å². The van der Waals surface area contributed by atoms with Gasteiger partial charge < -0.3 is 4.74 Å². The van der Waals surface area contributed by atoms with Crippen LogP contribution in [0.15, 0.2) is 67.3 Å². The average molecular weight is 332 g/mol. The van der Waals surface area contributed by atoms with Gasteiger partial charge in [0.15, 0.2) is 0 Å². The standard InChI is InChI=1S/C18H16N6O/c1-25-18-8-3-2-7-17(18)24-11-14(10-20-24)16-13-23(22-21-16)12-15-6-4-5-9-19-15/h2-11,13H,12H2,1H3. The van der Waals surface area contributed by atoms with E-state index in [0.29, 0.717) is 6.54 Å². The van der Waals surface area contributed by atoms with Crippen molar-refractivity contribution in [3.63, 3.8) is 0 Å². The smallest absolute Gasteiger partial charge is 0.144 e. The molecule has 0 spiro atoms. The highest BCUT2D eigenvalue weighted by atomic mass is 16.5. The lowest BCUT2D eigenvalue weighted by Crippen LogP contribution is -2.01. The van der Waals surface area contributed by atoms with Crippen molar-refractivity contribution in [2.45, 2.75) is 6.54 Å². The highest BCUT2D eigenvalue weighted by Gasteiger charge is 2.10. The van der Waals surface area contributed by atoms with Crippen LogP contribution >= 0.6 is 0 Å². The Kier molecular flexibility index (Phi) is 3.96. The molecule has 124 valence electrons. The third kappa shape index (κ3) is 3.12. The van der Waals surface area contributed by atoms with E-state index >= 15 is 0 Å². The van der Waals surface area contributed by atoms with Crippen molar-refractivity contribution in [3.8, 4) is 22.7 Å². The average Bonchev–Trinajstić information content (AvgIpc) is 3.32. The van der Waals surface area contributed by atoms with Gasteiger partial charge >= 0.3 is 0 Å². The minimum Gasteiger partial charge on any atom is -0.494 e. The Bertz CT molecular complexity index is 976. The topological polar surface area (TPSA) is 70.7 Å². The predicted molar refractivity (Wildman–Crippen MR) is 92.5 cm³/mol. The number of rotatable bonds is 5. The van der Waals surface area contributed by atoms with Crippen molar-refractivity contribution in [1.82, 2.24) is 29.8 Å². The lowest BCUT2D eigenvalue weighted by atomic mass is 10.2. The molecule has 0 aliphatic carbocycles. The molecule has 25 heavy (non-hydrogen) atoms. The molecule has 0 N–H and O–H groups in total. The number of para-hydroxylation sites is 2.